The third-order valence-corrected chi connectivity index (χ3v) is 4.17. The maximum Gasteiger partial charge on any atom is 0.106 e. The van der Waals surface area contributed by atoms with Gasteiger partial charge in [0.25, 0.3) is 0 Å². The normalized spacial score (nSPS) is 12.6. The van der Waals surface area contributed by atoms with Gasteiger partial charge in [-0.3, -0.25) is 0 Å². The van der Waals surface area contributed by atoms with E-state index in [-0.39, 0.29) is 6.04 Å². The zero-order chi connectivity index (χ0) is 14.5. The van der Waals surface area contributed by atoms with Crippen LogP contribution in [0.15, 0.2) is 30.5 Å². The summed E-state index contributed by atoms with van der Waals surface area (Å²) >= 11 is 6.42. The summed E-state index contributed by atoms with van der Waals surface area (Å²) in [6.45, 7) is 6.42. The monoisotopic (exact) mass is 290 g/mol. The standard InChI is InChI=1S/C17H23ClN2/c1-4-5-6-11-17(15-9-7-8-10-16(15)18)20-13(2)12-19-14(20)3/h7-10,12,17H,4-6,11H2,1-3H3. The SMILES string of the molecule is CCCCCC(c1ccccc1Cl)n1c(C)cnc1C. The number of hydrogen-bond acceptors (Lipinski definition) is 1. The molecule has 0 fully saturated rings. The molecule has 3 heteroatoms. The molecule has 0 N–H and O–H groups in total. The third-order valence-electron chi connectivity index (χ3n) is 3.82. The second-order valence-electron chi connectivity index (χ2n) is 5.35. The summed E-state index contributed by atoms with van der Waals surface area (Å²) in [5.74, 6) is 1.06. The quantitative estimate of drug-likeness (QED) is 0.658. The van der Waals surface area contributed by atoms with Crippen molar-refractivity contribution in [3.05, 3.63) is 52.6 Å². The Balaban J connectivity index is 2.37. The molecule has 2 rings (SSSR count). The highest BCUT2D eigenvalue weighted by molar-refractivity contribution is 6.31. The van der Waals surface area contributed by atoms with Crippen LogP contribution in [0.3, 0.4) is 0 Å². The molecule has 0 saturated carbocycles. The number of rotatable bonds is 6. The number of hydrogen-bond donors (Lipinski definition) is 0. The minimum Gasteiger partial charge on any atom is -0.325 e. The molecule has 1 aromatic carbocycles. The molecule has 0 aliphatic rings. The number of aryl methyl sites for hydroxylation is 2. The Morgan fingerprint density at radius 2 is 1.95 bits per heavy atom. The van der Waals surface area contributed by atoms with Crippen molar-refractivity contribution in [3.8, 4) is 0 Å². The molecule has 0 amide bonds. The Morgan fingerprint density at radius 1 is 1.20 bits per heavy atom. The van der Waals surface area contributed by atoms with Crippen molar-refractivity contribution in [1.29, 1.82) is 0 Å². The second kappa shape index (κ2) is 6.94. The van der Waals surface area contributed by atoms with Crippen LogP contribution >= 0.6 is 11.6 Å². The molecule has 1 atom stereocenters. The van der Waals surface area contributed by atoms with E-state index < -0.39 is 0 Å². The summed E-state index contributed by atoms with van der Waals surface area (Å²) in [4.78, 5) is 4.44. The Bertz CT molecular complexity index is 540. The lowest BCUT2D eigenvalue weighted by atomic mass is 9.99. The number of benzene rings is 1. The average molecular weight is 291 g/mol. The zero-order valence-corrected chi connectivity index (χ0v) is 13.3. The summed E-state index contributed by atoms with van der Waals surface area (Å²) in [6.07, 6.45) is 6.75. The molecule has 108 valence electrons. The van der Waals surface area contributed by atoms with E-state index >= 15 is 0 Å². The Kier molecular flexibility index (Phi) is 5.24. The van der Waals surface area contributed by atoms with Gasteiger partial charge in [-0.1, -0.05) is 56.0 Å². The molecule has 0 spiro atoms. The highest BCUT2D eigenvalue weighted by atomic mass is 35.5. The predicted molar refractivity (Wildman–Crippen MR) is 85.4 cm³/mol. The zero-order valence-electron chi connectivity index (χ0n) is 12.6. The predicted octanol–water partition coefficient (Wildman–Crippen LogP) is 5.32. The summed E-state index contributed by atoms with van der Waals surface area (Å²) in [5.41, 5.74) is 2.40. The van der Waals surface area contributed by atoms with E-state index in [9.17, 15) is 0 Å². The molecule has 0 aliphatic heterocycles. The summed E-state index contributed by atoms with van der Waals surface area (Å²) in [6, 6.07) is 8.46. The number of imidazole rings is 1. The molecule has 0 aliphatic carbocycles. The van der Waals surface area contributed by atoms with Crippen molar-refractivity contribution in [2.24, 2.45) is 0 Å². The van der Waals surface area contributed by atoms with Gasteiger partial charge in [0.1, 0.15) is 5.82 Å². The van der Waals surface area contributed by atoms with Gasteiger partial charge in [-0.05, 0) is 31.9 Å². The number of nitrogens with zero attached hydrogens (tertiary/aromatic N) is 2. The van der Waals surface area contributed by atoms with Crippen molar-refractivity contribution in [2.45, 2.75) is 52.5 Å². The Morgan fingerprint density at radius 3 is 2.55 bits per heavy atom. The summed E-state index contributed by atoms with van der Waals surface area (Å²) < 4.78 is 2.32. The van der Waals surface area contributed by atoms with Crippen LogP contribution in [0.2, 0.25) is 5.02 Å². The van der Waals surface area contributed by atoms with E-state index in [0.717, 1.165) is 17.3 Å². The van der Waals surface area contributed by atoms with Crippen LogP contribution in [-0.2, 0) is 0 Å². The first kappa shape index (κ1) is 15.1. The molecule has 1 unspecified atom stereocenters. The van der Waals surface area contributed by atoms with E-state index in [2.05, 4.69) is 42.5 Å². The van der Waals surface area contributed by atoms with E-state index in [0.29, 0.717) is 0 Å². The highest BCUT2D eigenvalue weighted by Gasteiger charge is 2.19. The van der Waals surface area contributed by atoms with Gasteiger partial charge in [-0.25, -0.2) is 4.98 Å². The molecular formula is C17H23ClN2. The number of halogens is 1. The molecular weight excluding hydrogens is 268 g/mol. The Hall–Kier alpha value is -1.28. The maximum absolute atomic E-state index is 6.42. The van der Waals surface area contributed by atoms with Crippen LogP contribution in [0.25, 0.3) is 0 Å². The molecule has 20 heavy (non-hydrogen) atoms. The minimum atomic E-state index is 0.290. The fourth-order valence-corrected chi connectivity index (χ4v) is 3.06. The second-order valence-corrected chi connectivity index (χ2v) is 5.76. The molecule has 1 heterocycles. The van der Waals surface area contributed by atoms with Gasteiger partial charge in [0, 0.05) is 16.9 Å². The van der Waals surface area contributed by atoms with Gasteiger partial charge in [-0.15, -0.1) is 0 Å². The molecule has 0 bridgehead atoms. The van der Waals surface area contributed by atoms with Crippen molar-refractivity contribution in [1.82, 2.24) is 9.55 Å². The smallest absolute Gasteiger partial charge is 0.106 e. The van der Waals surface area contributed by atoms with Crippen molar-refractivity contribution in [2.75, 3.05) is 0 Å². The van der Waals surface area contributed by atoms with Gasteiger partial charge in [-0.2, -0.15) is 0 Å². The van der Waals surface area contributed by atoms with E-state index in [1.54, 1.807) is 0 Å². The van der Waals surface area contributed by atoms with Gasteiger partial charge in [0.2, 0.25) is 0 Å². The highest BCUT2D eigenvalue weighted by Crippen LogP contribution is 2.32. The van der Waals surface area contributed by atoms with Gasteiger partial charge < -0.3 is 4.57 Å². The van der Waals surface area contributed by atoms with Gasteiger partial charge in [0.05, 0.1) is 6.04 Å². The van der Waals surface area contributed by atoms with Crippen LogP contribution < -0.4 is 0 Å². The lowest BCUT2D eigenvalue weighted by Crippen LogP contribution is -2.14. The largest absolute Gasteiger partial charge is 0.325 e. The molecule has 0 radical (unpaired) electrons. The lowest BCUT2D eigenvalue weighted by Gasteiger charge is -2.23. The minimum absolute atomic E-state index is 0.290. The maximum atomic E-state index is 6.42. The fourth-order valence-electron chi connectivity index (χ4n) is 2.79. The summed E-state index contributed by atoms with van der Waals surface area (Å²) in [5, 5.41) is 0.849. The molecule has 2 nitrogen and oxygen atoms in total. The van der Waals surface area contributed by atoms with E-state index in [1.165, 1.54) is 30.5 Å². The van der Waals surface area contributed by atoms with Crippen LogP contribution in [0, 0.1) is 13.8 Å². The first-order valence-corrected chi connectivity index (χ1v) is 7.77. The molecule has 2 aromatic rings. The van der Waals surface area contributed by atoms with Crippen molar-refractivity contribution >= 4 is 11.6 Å². The van der Waals surface area contributed by atoms with E-state index in [4.69, 9.17) is 11.6 Å². The topological polar surface area (TPSA) is 17.8 Å². The number of aromatic nitrogens is 2. The van der Waals surface area contributed by atoms with Gasteiger partial charge >= 0.3 is 0 Å². The lowest BCUT2D eigenvalue weighted by molar-refractivity contribution is 0.489. The van der Waals surface area contributed by atoms with Crippen molar-refractivity contribution in [3.63, 3.8) is 0 Å². The number of unbranched alkanes of at least 4 members (excludes halogenated alkanes) is 2. The molecule has 0 saturated heterocycles. The Labute approximate surface area is 126 Å². The van der Waals surface area contributed by atoms with E-state index in [1.807, 2.05) is 18.3 Å². The van der Waals surface area contributed by atoms with Crippen LogP contribution in [0.1, 0.15) is 55.7 Å². The van der Waals surface area contributed by atoms with Crippen molar-refractivity contribution < 1.29 is 0 Å². The summed E-state index contributed by atoms with van der Waals surface area (Å²) in [7, 11) is 0. The van der Waals surface area contributed by atoms with Crippen LogP contribution in [0.4, 0.5) is 0 Å². The fraction of sp³-hybridized carbons (Fsp3) is 0.471. The van der Waals surface area contributed by atoms with Gasteiger partial charge in [0.15, 0.2) is 0 Å². The molecule has 1 aromatic heterocycles. The van der Waals surface area contributed by atoms with Crippen LogP contribution in [0.5, 0.6) is 0 Å². The van der Waals surface area contributed by atoms with Crippen LogP contribution in [-0.4, -0.2) is 9.55 Å². The third kappa shape index (κ3) is 3.24. The first-order chi connectivity index (χ1) is 9.65. The average Bonchev–Trinajstić information content (AvgIpc) is 2.76. The first-order valence-electron chi connectivity index (χ1n) is 7.40.